The maximum absolute atomic E-state index is 5.51. The molecular weight excluding hydrogens is 469 g/mol. The summed E-state index contributed by atoms with van der Waals surface area (Å²) in [5.41, 5.74) is 1.15. The number of nitrogens with zero attached hydrogens (tertiary/aromatic N) is 6. The smallest absolute Gasteiger partial charge is 0.194 e. The van der Waals surface area contributed by atoms with E-state index < -0.39 is 0 Å². The molecule has 28 heavy (non-hydrogen) atoms. The van der Waals surface area contributed by atoms with Crippen molar-refractivity contribution in [2.45, 2.75) is 26.9 Å². The Kier molecular flexibility index (Phi) is 8.81. The number of aliphatic imine (C=N–C) groups is 1. The number of aromatic nitrogens is 3. The lowest BCUT2D eigenvalue weighted by Crippen LogP contribution is -2.52. The van der Waals surface area contributed by atoms with Crippen LogP contribution in [0.2, 0.25) is 0 Å². The van der Waals surface area contributed by atoms with Crippen molar-refractivity contribution in [3.63, 3.8) is 0 Å². The van der Waals surface area contributed by atoms with Gasteiger partial charge < -0.3 is 24.4 Å². The number of rotatable bonds is 6. The van der Waals surface area contributed by atoms with E-state index in [-0.39, 0.29) is 24.0 Å². The summed E-state index contributed by atoms with van der Waals surface area (Å²) in [6.45, 7) is 10.1. The van der Waals surface area contributed by atoms with Crippen LogP contribution in [0.1, 0.15) is 19.7 Å². The Morgan fingerprint density at radius 1 is 1.18 bits per heavy atom. The number of aryl methyl sites for hydroxylation is 1. The molecule has 0 radical (unpaired) electrons. The third-order valence-electron chi connectivity index (χ3n) is 4.75. The summed E-state index contributed by atoms with van der Waals surface area (Å²) in [7, 11) is 1.72. The van der Waals surface area contributed by atoms with Gasteiger partial charge in [-0.25, -0.2) is 4.99 Å². The molecule has 1 N–H and O–H groups in total. The van der Waals surface area contributed by atoms with Crippen molar-refractivity contribution < 1.29 is 4.74 Å². The zero-order chi connectivity index (χ0) is 19.1. The molecule has 1 saturated heterocycles. The lowest BCUT2D eigenvalue weighted by molar-refractivity contribution is 0.367. The van der Waals surface area contributed by atoms with Gasteiger partial charge >= 0.3 is 0 Å². The van der Waals surface area contributed by atoms with Crippen LogP contribution in [0, 0.1) is 0 Å². The normalized spacial score (nSPS) is 14.6. The molecule has 8 nitrogen and oxygen atoms in total. The molecule has 0 aliphatic carbocycles. The van der Waals surface area contributed by atoms with Crippen molar-refractivity contribution in [3.05, 3.63) is 36.4 Å². The number of hydrogen-bond donors (Lipinski definition) is 1. The first-order valence-electron chi connectivity index (χ1n) is 9.54. The molecule has 0 bridgehead atoms. The summed E-state index contributed by atoms with van der Waals surface area (Å²) in [6, 6.07) is 8.19. The van der Waals surface area contributed by atoms with Crippen molar-refractivity contribution in [1.82, 2.24) is 25.0 Å². The quantitative estimate of drug-likeness (QED) is 0.374. The Balaban J connectivity index is 0.00000280. The summed E-state index contributed by atoms with van der Waals surface area (Å²) in [5, 5.41) is 11.6. The van der Waals surface area contributed by atoms with E-state index in [1.54, 1.807) is 13.4 Å². The number of methoxy groups -OCH3 is 1. The molecule has 0 atom stereocenters. The molecule has 0 amide bonds. The molecule has 1 aliphatic heterocycles. The first kappa shape index (κ1) is 22.3. The molecule has 2 aromatic rings. The van der Waals surface area contributed by atoms with E-state index in [2.05, 4.69) is 51.3 Å². The molecule has 0 spiro atoms. The van der Waals surface area contributed by atoms with E-state index >= 15 is 0 Å². The highest BCUT2D eigenvalue weighted by Gasteiger charge is 2.21. The van der Waals surface area contributed by atoms with E-state index in [0.717, 1.165) is 62.5 Å². The van der Waals surface area contributed by atoms with Crippen LogP contribution in [0.15, 0.2) is 35.6 Å². The lowest BCUT2D eigenvalue weighted by Gasteiger charge is -2.38. The molecule has 0 unspecified atom stereocenters. The number of ether oxygens (including phenoxy) is 1. The monoisotopic (exact) mass is 499 g/mol. The highest BCUT2D eigenvalue weighted by molar-refractivity contribution is 14.0. The summed E-state index contributed by atoms with van der Waals surface area (Å²) >= 11 is 0. The molecule has 154 valence electrons. The second-order valence-electron chi connectivity index (χ2n) is 6.35. The number of guanidine groups is 1. The van der Waals surface area contributed by atoms with Gasteiger partial charge in [-0.05, 0) is 26.0 Å². The second-order valence-corrected chi connectivity index (χ2v) is 6.35. The Hall–Kier alpha value is -2.04. The van der Waals surface area contributed by atoms with Crippen LogP contribution < -0.4 is 15.0 Å². The maximum Gasteiger partial charge on any atom is 0.194 e. The molecule has 1 aromatic heterocycles. The van der Waals surface area contributed by atoms with Gasteiger partial charge in [0.15, 0.2) is 11.8 Å². The largest absolute Gasteiger partial charge is 0.495 e. The fraction of sp³-hybridized carbons (Fsp3) is 0.526. The van der Waals surface area contributed by atoms with Gasteiger partial charge in [0, 0.05) is 39.3 Å². The first-order chi connectivity index (χ1) is 13.3. The topological polar surface area (TPSA) is 70.8 Å². The van der Waals surface area contributed by atoms with Crippen molar-refractivity contribution >= 4 is 35.6 Å². The van der Waals surface area contributed by atoms with Crippen LogP contribution in [0.3, 0.4) is 0 Å². The average Bonchev–Trinajstić information content (AvgIpc) is 3.19. The van der Waals surface area contributed by atoms with Gasteiger partial charge in [-0.3, -0.25) is 0 Å². The van der Waals surface area contributed by atoms with Crippen LogP contribution in [0.25, 0.3) is 0 Å². The summed E-state index contributed by atoms with van der Waals surface area (Å²) in [4.78, 5) is 9.46. The van der Waals surface area contributed by atoms with Crippen molar-refractivity contribution in [1.29, 1.82) is 0 Å². The van der Waals surface area contributed by atoms with E-state index in [0.29, 0.717) is 6.54 Å². The zero-order valence-corrected chi connectivity index (χ0v) is 19.2. The zero-order valence-electron chi connectivity index (χ0n) is 16.8. The highest BCUT2D eigenvalue weighted by atomic mass is 127. The Bertz CT molecular complexity index is 756. The van der Waals surface area contributed by atoms with E-state index in [9.17, 15) is 0 Å². The number of benzene rings is 1. The number of hydrogen-bond acceptors (Lipinski definition) is 5. The number of para-hydroxylation sites is 2. The third kappa shape index (κ3) is 5.27. The molecule has 3 rings (SSSR count). The van der Waals surface area contributed by atoms with E-state index in [1.165, 1.54) is 0 Å². The molecule has 0 saturated carbocycles. The minimum Gasteiger partial charge on any atom is -0.495 e. The molecule has 1 fully saturated rings. The standard InChI is InChI=1S/C19H29N7O.HI/c1-4-20-19(21-14-18-23-22-15-24(18)5-2)26-12-10-25(11-13-26)16-8-6-7-9-17(16)27-3;/h6-9,15H,4-5,10-14H2,1-3H3,(H,20,21);1H. The molecule has 9 heteroatoms. The van der Waals surface area contributed by atoms with Gasteiger partial charge in [0.05, 0.1) is 12.8 Å². The Labute approximate surface area is 184 Å². The number of piperazine rings is 1. The van der Waals surface area contributed by atoms with Crippen LogP contribution in [-0.2, 0) is 13.1 Å². The molecule has 1 aliphatic rings. The van der Waals surface area contributed by atoms with Crippen LogP contribution in [0.4, 0.5) is 5.69 Å². The number of anilines is 1. The average molecular weight is 499 g/mol. The van der Waals surface area contributed by atoms with Gasteiger partial charge in [-0.1, -0.05) is 12.1 Å². The Morgan fingerprint density at radius 3 is 2.61 bits per heavy atom. The summed E-state index contributed by atoms with van der Waals surface area (Å²) in [5.74, 6) is 2.74. The predicted octanol–water partition coefficient (Wildman–Crippen LogP) is 2.21. The van der Waals surface area contributed by atoms with Gasteiger partial charge in [-0.2, -0.15) is 0 Å². The number of nitrogens with one attached hydrogen (secondary N) is 1. The highest BCUT2D eigenvalue weighted by Crippen LogP contribution is 2.28. The molecule has 2 heterocycles. The van der Waals surface area contributed by atoms with Crippen molar-refractivity contribution in [3.8, 4) is 5.75 Å². The van der Waals surface area contributed by atoms with Crippen LogP contribution in [0.5, 0.6) is 5.75 Å². The van der Waals surface area contributed by atoms with E-state index in [4.69, 9.17) is 9.73 Å². The fourth-order valence-corrected chi connectivity index (χ4v) is 3.29. The molecular formula is C19H30IN7O. The van der Waals surface area contributed by atoms with Crippen molar-refractivity contribution in [2.24, 2.45) is 4.99 Å². The maximum atomic E-state index is 5.51. The van der Waals surface area contributed by atoms with Gasteiger partial charge in [0.1, 0.15) is 18.6 Å². The summed E-state index contributed by atoms with van der Waals surface area (Å²) in [6.07, 6.45) is 1.75. The second kappa shape index (κ2) is 11.1. The lowest BCUT2D eigenvalue weighted by atomic mass is 10.2. The number of halogens is 1. The first-order valence-corrected chi connectivity index (χ1v) is 9.54. The van der Waals surface area contributed by atoms with Crippen LogP contribution in [-0.4, -0.2) is 65.5 Å². The predicted molar refractivity (Wildman–Crippen MR) is 123 cm³/mol. The molecule has 1 aromatic carbocycles. The van der Waals surface area contributed by atoms with Crippen LogP contribution >= 0.6 is 24.0 Å². The van der Waals surface area contributed by atoms with Gasteiger partial charge in [0.25, 0.3) is 0 Å². The third-order valence-corrected chi connectivity index (χ3v) is 4.75. The van der Waals surface area contributed by atoms with Gasteiger partial charge in [-0.15, -0.1) is 34.2 Å². The van der Waals surface area contributed by atoms with Crippen molar-refractivity contribution in [2.75, 3.05) is 44.7 Å². The fourth-order valence-electron chi connectivity index (χ4n) is 3.29. The summed E-state index contributed by atoms with van der Waals surface area (Å²) < 4.78 is 7.53. The Morgan fingerprint density at radius 2 is 1.93 bits per heavy atom. The minimum atomic E-state index is 0. The minimum absolute atomic E-state index is 0. The SMILES string of the molecule is CCNC(=NCc1nncn1CC)N1CCN(c2ccccc2OC)CC1.I. The van der Waals surface area contributed by atoms with Gasteiger partial charge in [0.2, 0.25) is 0 Å². The van der Waals surface area contributed by atoms with E-state index in [1.807, 2.05) is 16.7 Å².